The van der Waals surface area contributed by atoms with Crippen molar-refractivity contribution in [3.63, 3.8) is 0 Å². The van der Waals surface area contributed by atoms with Crippen LogP contribution in [0.25, 0.3) is 0 Å². The standard InChI is InChI=1S/C12H16O3/c1-2-3-4-11-10-7-8(13)5-6-9(10)12(14)15-11/h5-6,8,11,13H,2-4,7H2,1H3/t8?,11-/m0/s1. The van der Waals surface area contributed by atoms with E-state index >= 15 is 0 Å². The van der Waals surface area contributed by atoms with Crippen molar-refractivity contribution in [1.82, 2.24) is 0 Å². The maximum absolute atomic E-state index is 11.5. The Morgan fingerprint density at radius 2 is 2.40 bits per heavy atom. The van der Waals surface area contributed by atoms with Gasteiger partial charge in [0.1, 0.15) is 6.10 Å². The van der Waals surface area contributed by atoms with E-state index in [1.807, 2.05) is 0 Å². The number of carbonyl (C=O) groups excluding carboxylic acids is 1. The van der Waals surface area contributed by atoms with Gasteiger partial charge in [0.2, 0.25) is 0 Å². The van der Waals surface area contributed by atoms with Crippen LogP contribution in [-0.4, -0.2) is 23.3 Å². The Morgan fingerprint density at radius 3 is 3.13 bits per heavy atom. The van der Waals surface area contributed by atoms with E-state index in [0.717, 1.165) is 24.8 Å². The molecule has 0 saturated heterocycles. The van der Waals surface area contributed by atoms with Gasteiger partial charge >= 0.3 is 5.97 Å². The summed E-state index contributed by atoms with van der Waals surface area (Å²) in [4.78, 5) is 11.5. The number of unbranched alkanes of at least 4 members (excludes halogenated alkanes) is 1. The zero-order valence-electron chi connectivity index (χ0n) is 8.90. The van der Waals surface area contributed by atoms with E-state index in [1.165, 1.54) is 0 Å². The molecule has 1 unspecified atom stereocenters. The van der Waals surface area contributed by atoms with E-state index in [9.17, 15) is 9.90 Å². The van der Waals surface area contributed by atoms with Gasteiger partial charge in [-0.3, -0.25) is 0 Å². The smallest absolute Gasteiger partial charge is 0.338 e. The van der Waals surface area contributed by atoms with Gasteiger partial charge in [-0.1, -0.05) is 19.4 Å². The average molecular weight is 208 g/mol. The molecule has 2 aliphatic rings. The quantitative estimate of drug-likeness (QED) is 0.718. The van der Waals surface area contributed by atoms with Gasteiger partial charge in [-0.25, -0.2) is 4.79 Å². The minimum atomic E-state index is -0.456. The predicted molar refractivity (Wildman–Crippen MR) is 56.2 cm³/mol. The topological polar surface area (TPSA) is 46.5 Å². The van der Waals surface area contributed by atoms with Gasteiger partial charge < -0.3 is 9.84 Å². The van der Waals surface area contributed by atoms with Crippen LogP contribution in [-0.2, 0) is 9.53 Å². The maximum Gasteiger partial charge on any atom is 0.338 e. The Hall–Kier alpha value is -1.09. The third-order valence-corrected chi connectivity index (χ3v) is 2.94. The molecule has 2 atom stereocenters. The van der Waals surface area contributed by atoms with Crippen molar-refractivity contribution in [1.29, 1.82) is 0 Å². The largest absolute Gasteiger partial charge is 0.454 e. The highest BCUT2D eigenvalue weighted by atomic mass is 16.5. The third-order valence-electron chi connectivity index (χ3n) is 2.94. The van der Waals surface area contributed by atoms with E-state index in [1.54, 1.807) is 12.2 Å². The normalized spacial score (nSPS) is 29.3. The lowest BCUT2D eigenvalue weighted by Gasteiger charge is -2.17. The van der Waals surface area contributed by atoms with Crippen LogP contribution in [0.3, 0.4) is 0 Å². The molecule has 0 aromatic heterocycles. The van der Waals surface area contributed by atoms with Crippen LogP contribution in [0.2, 0.25) is 0 Å². The van der Waals surface area contributed by atoms with Gasteiger partial charge in [-0.15, -0.1) is 0 Å². The first-order valence-corrected chi connectivity index (χ1v) is 5.52. The van der Waals surface area contributed by atoms with E-state index in [4.69, 9.17) is 4.74 Å². The molecular formula is C12H16O3. The number of rotatable bonds is 3. The molecule has 82 valence electrons. The summed E-state index contributed by atoms with van der Waals surface area (Å²) in [6.45, 7) is 2.11. The van der Waals surface area contributed by atoms with Gasteiger partial charge in [0.15, 0.2) is 0 Å². The number of aliphatic hydroxyl groups excluding tert-OH is 1. The number of hydrogen-bond donors (Lipinski definition) is 1. The zero-order chi connectivity index (χ0) is 10.8. The highest BCUT2D eigenvalue weighted by molar-refractivity contribution is 5.95. The number of hydrogen-bond acceptors (Lipinski definition) is 3. The Bertz CT molecular complexity index is 328. The monoisotopic (exact) mass is 208 g/mol. The lowest BCUT2D eigenvalue weighted by Crippen LogP contribution is -2.16. The molecule has 0 bridgehead atoms. The highest BCUT2D eigenvalue weighted by Gasteiger charge is 2.34. The van der Waals surface area contributed by atoms with Crippen LogP contribution < -0.4 is 0 Å². The van der Waals surface area contributed by atoms with Crippen LogP contribution >= 0.6 is 0 Å². The van der Waals surface area contributed by atoms with E-state index < -0.39 is 6.10 Å². The summed E-state index contributed by atoms with van der Waals surface area (Å²) in [5.74, 6) is -0.228. The van der Waals surface area contributed by atoms with E-state index in [0.29, 0.717) is 12.0 Å². The molecule has 0 amide bonds. The molecule has 1 heterocycles. The summed E-state index contributed by atoms with van der Waals surface area (Å²) in [5, 5.41) is 9.50. The SMILES string of the molecule is CCCC[C@@H]1OC(=O)C2=C1CC(O)C=C2. The summed E-state index contributed by atoms with van der Waals surface area (Å²) in [6, 6.07) is 0. The van der Waals surface area contributed by atoms with Crippen molar-refractivity contribution in [3.05, 3.63) is 23.3 Å². The van der Waals surface area contributed by atoms with Gasteiger partial charge in [0, 0.05) is 6.42 Å². The molecule has 0 aromatic rings. The molecule has 1 aliphatic heterocycles. The molecule has 3 nitrogen and oxygen atoms in total. The number of esters is 1. The minimum Gasteiger partial charge on any atom is -0.454 e. The van der Waals surface area contributed by atoms with Gasteiger partial charge in [0.25, 0.3) is 0 Å². The molecule has 1 aliphatic carbocycles. The van der Waals surface area contributed by atoms with Crippen molar-refractivity contribution in [3.8, 4) is 0 Å². The molecule has 15 heavy (non-hydrogen) atoms. The molecule has 0 saturated carbocycles. The third kappa shape index (κ3) is 1.97. The molecule has 0 fully saturated rings. The molecule has 2 rings (SSSR count). The van der Waals surface area contributed by atoms with Crippen molar-refractivity contribution in [2.75, 3.05) is 0 Å². The second kappa shape index (κ2) is 4.19. The van der Waals surface area contributed by atoms with Gasteiger partial charge in [-0.05, 0) is 24.5 Å². The number of aliphatic hydroxyl groups is 1. The van der Waals surface area contributed by atoms with Gasteiger partial charge in [0.05, 0.1) is 11.7 Å². The molecular weight excluding hydrogens is 192 g/mol. The van der Waals surface area contributed by atoms with Crippen LogP contribution in [0.1, 0.15) is 32.6 Å². The van der Waals surface area contributed by atoms with Crippen LogP contribution in [0, 0.1) is 0 Å². The fourth-order valence-electron chi connectivity index (χ4n) is 2.11. The van der Waals surface area contributed by atoms with Crippen molar-refractivity contribution in [2.24, 2.45) is 0 Å². The Balaban J connectivity index is 2.13. The lowest BCUT2D eigenvalue weighted by atomic mass is 9.92. The fourth-order valence-corrected chi connectivity index (χ4v) is 2.11. The van der Waals surface area contributed by atoms with Crippen LogP contribution in [0.15, 0.2) is 23.3 Å². The lowest BCUT2D eigenvalue weighted by molar-refractivity contribution is -0.139. The predicted octanol–water partition coefficient (Wildman–Crippen LogP) is 1.72. The number of carbonyl (C=O) groups is 1. The minimum absolute atomic E-state index is 0.0907. The first-order chi connectivity index (χ1) is 7.22. The van der Waals surface area contributed by atoms with Crippen molar-refractivity contribution < 1.29 is 14.6 Å². The van der Waals surface area contributed by atoms with Crippen LogP contribution in [0.4, 0.5) is 0 Å². The second-order valence-electron chi connectivity index (χ2n) is 4.11. The average Bonchev–Trinajstić information content (AvgIpc) is 2.52. The first-order valence-electron chi connectivity index (χ1n) is 5.52. The number of cyclic esters (lactones) is 1. The van der Waals surface area contributed by atoms with Crippen molar-refractivity contribution >= 4 is 5.97 Å². The molecule has 0 spiro atoms. The highest BCUT2D eigenvalue weighted by Crippen LogP contribution is 2.33. The number of ether oxygens (including phenoxy) is 1. The summed E-state index contributed by atoms with van der Waals surface area (Å²) in [7, 11) is 0. The maximum atomic E-state index is 11.5. The molecule has 3 heteroatoms. The summed E-state index contributed by atoms with van der Waals surface area (Å²) in [5.41, 5.74) is 1.66. The second-order valence-corrected chi connectivity index (χ2v) is 4.11. The molecule has 0 radical (unpaired) electrons. The molecule has 0 aromatic carbocycles. The van der Waals surface area contributed by atoms with Crippen LogP contribution in [0.5, 0.6) is 0 Å². The summed E-state index contributed by atoms with van der Waals surface area (Å²) in [6.07, 6.45) is 6.37. The fraction of sp³-hybridized carbons (Fsp3) is 0.583. The van der Waals surface area contributed by atoms with Gasteiger partial charge in [-0.2, -0.15) is 0 Å². The Kier molecular flexibility index (Phi) is 2.91. The molecule has 1 N–H and O–H groups in total. The summed E-state index contributed by atoms with van der Waals surface area (Å²) >= 11 is 0. The van der Waals surface area contributed by atoms with Crippen molar-refractivity contribution in [2.45, 2.75) is 44.8 Å². The Labute approximate surface area is 89.4 Å². The zero-order valence-corrected chi connectivity index (χ0v) is 8.90. The van der Waals surface area contributed by atoms with E-state index in [2.05, 4.69) is 6.92 Å². The Morgan fingerprint density at radius 1 is 1.60 bits per heavy atom. The van der Waals surface area contributed by atoms with E-state index in [-0.39, 0.29) is 12.1 Å². The first kappa shape index (κ1) is 10.4. The summed E-state index contributed by atoms with van der Waals surface area (Å²) < 4.78 is 5.28.